The highest BCUT2D eigenvalue weighted by molar-refractivity contribution is 5.90. The average Bonchev–Trinajstić information content (AvgIpc) is 3.34. The first-order valence-electron chi connectivity index (χ1n) is 13.8. The van der Waals surface area contributed by atoms with Crippen LogP contribution < -0.4 is 10.6 Å². The molecule has 0 radical (unpaired) electrons. The Bertz CT molecular complexity index is 1500. The maximum atomic E-state index is 13.5. The molecule has 0 fully saturated rings. The van der Waals surface area contributed by atoms with Crippen molar-refractivity contribution in [1.82, 2.24) is 10.6 Å². The summed E-state index contributed by atoms with van der Waals surface area (Å²) in [4.78, 5) is 38.7. The summed E-state index contributed by atoms with van der Waals surface area (Å²) >= 11 is 0. The average molecular weight is 565 g/mol. The molecule has 0 aromatic heterocycles. The summed E-state index contributed by atoms with van der Waals surface area (Å²) in [6.45, 7) is 1.91. The van der Waals surface area contributed by atoms with E-state index in [1.54, 1.807) is 37.3 Å². The number of hydrogen-bond acceptors (Lipinski definition) is 5. The number of hydrogen-bond donors (Lipinski definition) is 3. The van der Waals surface area contributed by atoms with Crippen LogP contribution in [-0.4, -0.2) is 41.8 Å². The monoisotopic (exact) mass is 564 g/mol. The fraction of sp³-hybridized carbons (Fsp3) is 0.206. The summed E-state index contributed by atoms with van der Waals surface area (Å²) in [7, 11) is 0. The van der Waals surface area contributed by atoms with Crippen molar-refractivity contribution in [1.29, 1.82) is 0 Å². The van der Waals surface area contributed by atoms with Crippen LogP contribution in [0.2, 0.25) is 0 Å². The van der Waals surface area contributed by atoms with Gasteiger partial charge in [-0.1, -0.05) is 109 Å². The molecular weight excluding hydrogens is 532 g/mol. The number of aliphatic carboxylic acids is 1. The fourth-order valence-electron chi connectivity index (χ4n) is 5.23. The van der Waals surface area contributed by atoms with Gasteiger partial charge in [-0.05, 0) is 40.3 Å². The summed E-state index contributed by atoms with van der Waals surface area (Å²) in [5, 5.41) is 15.0. The molecule has 8 heteroatoms. The molecule has 2 unspecified atom stereocenters. The minimum absolute atomic E-state index is 0.0647. The van der Waals surface area contributed by atoms with E-state index in [1.165, 1.54) is 0 Å². The number of nitrogens with one attached hydrogen (secondary N) is 2. The molecule has 42 heavy (non-hydrogen) atoms. The summed E-state index contributed by atoms with van der Waals surface area (Å²) in [6, 6.07) is 31.2. The minimum Gasteiger partial charge on any atom is -0.479 e. The van der Waals surface area contributed by atoms with Crippen LogP contribution in [0, 0.1) is 0 Å². The largest absolute Gasteiger partial charge is 0.479 e. The molecule has 4 aromatic carbocycles. The lowest BCUT2D eigenvalue weighted by Crippen LogP contribution is -2.54. The highest BCUT2D eigenvalue weighted by Crippen LogP contribution is 2.44. The second-order valence-electron chi connectivity index (χ2n) is 10.1. The van der Waals surface area contributed by atoms with Gasteiger partial charge in [-0.3, -0.25) is 4.79 Å². The Morgan fingerprint density at radius 2 is 1.31 bits per heavy atom. The summed E-state index contributed by atoms with van der Waals surface area (Å²) < 4.78 is 11.6. The van der Waals surface area contributed by atoms with E-state index in [4.69, 9.17) is 9.47 Å². The van der Waals surface area contributed by atoms with Gasteiger partial charge < -0.3 is 25.2 Å². The number of carboxylic acid groups (broad SMARTS) is 1. The second kappa shape index (κ2) is 13.1. The highest BCUT2D eigenvalue weighted by Gasteiger charge is 2.33. The normalized spacial score (nSPS) is 14.1. The Kier molecular flexibility index (Phi) is 8.94. The van der Waals surface area contributed by atoms with E-state index in [-0.39, 0.29) is 19.1 Å². The summed E-state index contributed by atoms with van der Waals surface area (Å²) in [6.07, 6.45) is -1.62. The van der Waals surface area contributed by atoms with Crippen LogP contribution in [0.5, 0.6) is 0 Å². The third kappa shape index (κ3) is 6.50. The van der Waals surface area contributed by atoms with E-state index in [0.29, 0.717) is 5.56 Å². The number of benzene rings is 4. The second-order valence-corrected chi connectivity index (χ2v) is 10.1. The molecule has 214 valence electrons. The van der Waals surface area contributed by atoms with Crippen molar-refractivity contribution in [3.05, 3.63) is 131 Å². The molecule has 4 aromatic rings. The molecule has 8 nitrogen and oxygen atoms in total. The molecule has 0 spiro atoms. The van der Waals surface area contributed by atoms with Gasteiger partial charge in [-0.15, -0.1) is 0 Å². The van der Waals surface area contributed by atoms with Crippen LogP contribution in [0.3, 0.4) is 0 Å². The summed E-state index contributed by atoms with van der Waals surface area (Å²) in [5.41, 5.74) is 5.61. The zero-order chi connectivity index (χ0) is 29.5. The van der Waals surface area contributed by atoms with Crippen LogP contribution in [0.1, 0.15) is 41.1 Å². The number of ether oxygens (including phenoxy) is 2. The molecule has 0 saturated heterocycles. The smallest absolute Gasteiger partial charge is 0.407 e. The lowest BCUT2D eigenvalue weighted by atomic mass is 9.98. The molecule has 0 saturated carbocycles. The fourth-order valence-corrected chi connectivity index (χ4v) is 5.23. The number of amides is 2. The first-order valence-corrected chi connectivity index (χ1v) is 13.8. The molecule has 0 bridgehead atoms. The Hall–Kier alpha value is -4.95. The van der Waals surface area contributed by atoms with Crippen molar-refractivity contribution in [3.8, 4) is 11.1 Å². The number of alkyl carbamates (subject to hydrolysis) is 1. The molecule has 1 aliphatic rings. The van der Waals surface area contributed by atoms with Crippen molar-refractivity contribution in [3.63, 3.8) is 0 Å². The Morgan fingerprint density at radius 3 is 1.90 bits per heavy atom. The van der Waals surface area contributed by atoms with Crippen LogP contribution in [-0.2, 0) is 25.7 Å². The number of carboxylic acids is 1. The topological polar surface area (TPSA) is 114 Å². The van der Waals surface area contributed by atoms with E-state index in [9.17, 15) is 19.5 Å². The third-order valence-corrected chi connectivity index (χ3v) is 7.39. The van der Waals surface area contributed by atoms with Crippen molar-refractivity contribution in [2.45, 2.75) is 37.6 Å². The predicted octanol–water partition coefficient (Wildman–Crippen LogP) is 5.44. The predicted molar refractivity (Wildman–Crippen MR) is 158 cm³/mol. The lowest BCUT2D eigenvalue weighted by molar-refractivity contribution is -0.143. The third-order valence-electron chi connectivity index (χ3n) is 7.39. The molecule has 3 atom stereocenters. The van der Waals surface area contributed by atoms with Gasteiger partial charge in [0.2, 0.25) is 5.91 Å². The van der Waals surface area contributed by atoms with Crippen LogP contribution in [0.25, 0.3) is 11.1 Å². The Balaban J connectivity index is 1.30. The van der Waals surface area contributed by atoms with Crippen molar-refractivity contribution < 1.29 is 29.0 Å². The van der Waals surface area contributed by atoms with Crippen LogP contribution >= 0.6 is 0 Å². The number of rotatable bonds is 11. The highest BCUT2D eigenvalue weighted by atomic mass is 16.5. The number of carbonyl (C=O) groups excluding carboxylic acids is 2. The van der Waals surface area contributed by atoms with E-state index in [2.05, 4.69) is 10.6 Å². The SMILES string of the molecule is CC(OCc1ccccc1)C(NC(=O)OCC1c2ccccc2-c2ccccc21)C(=O)N[C@H](C(=O)O)c1ccccc1. The van der Waals surface area contributed by atoms with Gasteiger partial charge in [-0.25, -0.2) is 9.59 Å². The van der Waals surface area contributed by atoms with Crippen molar-refractivity contribution >= 4 is 18.0 Å². The lowest BCUT2D eigenvalue weighted by Gasteiger charge is -2.26. The molecule has 0 heterocycles. The zero-order valence-electron chi connectivity index (χ0n) is 23.1. The molecular formula is C34H32N2O6. The van der Waals surface area contributed by atoms with Gasteiger partial charge in [-0.2, -0.15) is 0 Å². The van der Waals surface area contributed by atoms with Crippen molar-refractivity contribution in [2.75, 3.05) is 6.61 Å². The molecule has 1 aliphatic carbocycles. The number of fused-ring (bicyclic) bond motifs is 3. The minimum atomic E-state index is -1.31. The van der Waals surface area contributed by atoms with Gasteiger partial charge in [0.1, 0.15) is 12.6 Å². The van der Waals surface area contributed by atoms with E-state index >= 15 is 0 Å². The molecule has 3 N–H and O–H groups in total. The van der Waals surface area contributed by atoms with E-state index < -0.39 is 36.2 Å². The molecule has 2 amide bonds. The maximum Gasteiger partial charge on any atom is 0.407 e. The zero-order valence-corrected chi connectivity index (χ0v) is 23.1. The first kappa shape index (κ1) is 28.6. The quantitative estimate of drug-likeness (QED) is 0.224. The van der Waals surface area contributed by atoms with Crippen LogP contribution in [0.15, 0.2) is 109 Å². The molecule has 5 rings (SSSR count). The maximum absolute atomic E-state index is 13.5. The van der Waals surface area contributed by atoms with Gasteiger partial charge in [0.05, 0.1) is 12.7 Å². The van der Waals surface area contributed by atoms with Crippen LogP contribution in [0.4, 0.5) is 4.79 Å². The van der Waals surface area contributed by atoms with Gasteiger partial charge >= 0.3 is 12.1 Å². The summed E-state index contributed by atoms with van der Waals surface area (Å²) in [5.74, 6) is -2.09. The van der Waals surface area contributed by atoms with Crippen molar-refractivity contribution in [2.24, 2.45) is 0 Å². The Morgan fingerprint density at radius 1 is 0.762 bits per heavy atom. The Labute approximate surface area is 244 Å². The van der Waals surface area contributed by atoms with Gasteiger partial charge in [0, 0.05) is 5.92 Å². The van der Waals surface area contributed by atoms with E-state index in [0.717, 1.165) is 27.8 Å². The number of carbonyl (C=O) groups is 3. The van der Waals surface area contributed by atoms with E-state index in [1.807, 2.05) is 78.9 Å². The molecule has 0 aliphatic heterocycles. The van der Waals surface area contributed by atoms with Gasteiger partial charge in [0.15, 0.2) is 6.04 Å². The first-order chi connectivity index (χ1) is 20.4. The van der Waals surface area contributed by atoms with Gasteiger partial charge in [0.25, 0.3) is 0 Å². The standard InChI is InChI=1S/C34H32N2O6/c1-22(41-20-23-12-4-2-5-13-23)30(32(37)35-31(33(38)39)24-14-6-3-7-15-24)36-34(40)42-21-29-27-18-10-8-16-25(27)26-17-9-11-19-28(26)29/h2-19,22,29-31H,20-21H2,1H3,(H,35,37)(H,36,40)(H,38,39)/t22?,30?,31-/m0/s1.